The lowest BCUT2D eigenvalue weighted by Crippen LogP contribution is -2.42. The molecule has 0 saturated heterocycles. The van der Waals surface area contributed by atoms with Crippen LogP contribution in [0.5, 0.6) is 5.88 Å². The highest BCUT2D eigenvalue weighted by molar-refractivity contribution is 5.92. The van der Waals surface area contributed by atoms with Crippen LogP contribution >= 0.6 is 0 Å². The minimum absolute atomic E-state index is 0.0551. The molecule has 2 heterocycles. The number of nitrogens with zero attached hydrogens (tertiary/aromatic N) is 4. The highest BCUT2D eigenvalue weighted by Gasteiger charge is 2.40. The minimum Gasteiger partial charge on any atom is -0.468 e. The maximum Gasteiger partial charge on any atom is 0.271 e. The van der Waals surface area contributed by atoms with Gasteiger partial charge in [0.15, 0.2) is 5.82 Å². The van der Waals surface area contributed by atoms with Crippen LogP contribution in [0.1, 0.15) is 36.1 Å². The first-order valence-electron chi connectivity index (χ1n) is 9.94. The van der Waals surface area contributed by atoms with E-state index in [1.807, 2.05) is 0 Å². The number of rotatable bonds is 8. The van der Waals surface area contributed by atoms with E-state index in [1.165, 1.54) is 30.5 Å². The number of hydrogen-bond acceptors (Lipinski definition) is 7. The van der Waals surface area contributed by atoms with E-state index >= 15 is 0 Å². The first-order valence-corrected chi connectivity index (χ1v) is 9.94. The van der Waals surface area contributed by atoms with Crippen molar-refractivity contribution in [3.05, 3.63) is 66.3 Å². The van der Waals surface area contributed by atoms with E-state index in [1.54, 1.807) is 25.4 Å². The highest BCUT2D eigenvalue weighted by Crippen LogP contribution is 2.39. The predicted molar refractivity (Wildman–Crippen MR) is 109 cm³/mol. The van der Waals surface area contributed by atoms with E-state index < -0.39 is 17.3 Å². The van der Waals surface area contributed by atoms with Gasteiger partial charge in [-0.15, -0.1) is 0 Å². The van der Waals surface area contributed by atoms with Gasteiger partial charge in [0, 0.05) is 24.5 Å². The third-order valence-electron chi connectivity index (χ3n) is 5.11. The number of carbonyl (C=O) groups excluding carboxylic acids is 1. The molecule has 8 nitrogen and oxygen atoms in total. The van der Waals surface area contributed by atoms with Gasteiger partial charge >= 0.3 is 0 Å². The van der Waals surface area contributed by atoms with Crippen molar-refractivity contribution in [1.82, 2.24) is 25.3 Å². The fourth-order valence-corrected chi connectivity index (χ4v) is 3.13. The molecule has 9 heteroatoms. The molecular formula is C22H22FN5O3. The van der Waals surface area contributed by atoms with Crippen LogP contribution in [0.2, 0.25) is 0 Å². The number of hydrogen-bond donors (Lipinski definition) is 2. The Hall–Kier alpha value is -3.46. The summed E-state index contributed by atoms with van der Waals surface area (Å²) in [6.45, 7) is 1.89. The average Bonchev–Trinajstić information content (AvgIpc) is 3.64. The maximum atomic E-state index is 13.4. The lowest BCUT2D eigenvalue weighted by molar-refractivity contribution is 0.0353. The van der Waals surface area contributed by atoms with E-state index in [0.29, 0.717) is 11.4 Å². The summed E-state index contributed by atoms with van der Waals surface area (Å²) in [6.07, 6.45) is 6.41. The zero-order valence-electron chi connectivity index (χ0n) is 17.0. The van der Waals surface area contributed by atoms with Gasteiger partial charge < -0.3 is 15.2 Å². The summed E-state index contributed by atoms with van der Waals surface area (Å²) < 4.78 is 19.1. The standard InChI is InChI=1S/C22H22FN5O3/c1-22(30,15-5-6-15)13-27-20(29)17-11-26-21(31-12-18-24-9-2-10-25-18)19(28-17)14-3-7-16(23)8-4-14/h2-4,7-11,15,30H,5-6,12-13H2,1H3,(H,27,29)/t22-/m0/s1. The van der Waals surface area contributed by atoms with Crippen LogP contribution in [0.3, 0.4) is 0 Å². The van der Waals surface area contributed by atoms with Gasteiger partial charge in [0.2, 0.25) is 5.88 Å². The van der Waals surface area contributed by atoms with Crippen molar-refractivity contribution in [2.45, 2.75) is 32.0 Å². The number of aliphatic hydroxyl groups is 1. The molecule has 31 heavy (non-hydrogen) atoms. The molecule has 1 amide bonds. The second-order valence-electron chi connectivity index (χ2n) is 7.68. The maximum absolute atomic E-state index is 13.4. The smallest absolute Gasteiger partial charge is 0.271 e. The van der Waals surface area contributed by atoms with Crippen LogP contribution in [0.15, 0.2) is 48.9 Å². The Morgan fingerprint density at radius 2 is 1.94 bits per heavy atom. The van der Waals surface area contributed by atoms with Crippen molar-refractivity contribution in [2.24, 2.45) is 5.92 Å². The van der Waals surface area contributed by atoms with Gasteiger partial charge in [-0.2, -0.15) is 0 Å². The van der Waals surface area contributed by atoms with E-state index in [2.05, 4.69) is 25.3 Å². The molecule has 1 aliphatic rings. The predicted octanol–water partition coefficient (Wildman–Crippen LogP) is 2.54. The van der Waals surface area contributed by atoms with Crippen molar-refractivity contribution in [3.63, 3.8) is 0 Å². The van der Waals surface area contributed by atoms with Crippen molar-refractivity contribution >= 4 is 5.91 Å². The average molecular weight is 423 g/mol. The van der Waals surface area contributed by atoms with E-state index in [0.717, 1.165) is 12.8 Å². The van der Waals surface area contributed by atoms with Gasteiger partial charge in [0.1, 0.15) is 23.8 Å². The monoisotopic (exact) mass is 423 g/mol. The first kappa shape index (κ1) is 20.8. The summed E-state index contributed by atoms with van der Waals surface area (Å²) >= 11 is 0. The summed E-state index contributed by atoms with van der Waals surface area (Å²) in [4.78, 5) is 29.5. The highest BCUT2D eigenvalue weighted by atomic mass is 19.1. The first-order chi connectivity index (χ1) is 14.9. The lowest BCUT2D eigenvalue weighted by atomic mass is 10.0. The summed E-state index contributed by atoms with van der Waals surface area (Å²) in [5.74, 6) is -0.0356. The number of aromatic nitrogens is 4. The molecular weight excluding hydrogens is 401 g/mol. The van der Waals surface area contributed by atoms with Crippen molar-refractivity contribution in [2.75, 3.05) is 6.54 Å². The van der Waals surface area contributed by atoms with Crippen LogP contribution in [0, 0.1) is 11.7 Å². The molecule has 0 aliphatic heterocycles. The second kappa shape index (κ2) is 8.73. The Morgan fingerprint density at radius 3 is 2.61 bits per heavy atom. The van der Waals surface area contributed by atoms with E-state index in [9.17, 15) is 14.3 Å². The van der Waals surface area contributed by atoms with Crippen LogP contribution in [-0.2, 0) is 6.61 Å². The van der Waals surface area contributed by atoms with Crippen LogP contribution < -0.4 is 10.1 Å². The van der Waals surface area contributed by atoms with E-state index in [-0.39, 0.29) is 36.3 Å². The number of halogens is 1. The Morgan fingerprint density at radius 1 is 1.23 bits per heavy atom. The van der Waals surface area contributed by atoms with Crippen LogP contribution in [-0.4, -0.2) is 43.1 Å². The SMILES string of the molecule is C[C@](O)(CNC(=O)c1cnc(OCc2ncccn2)c(-c2ccc(F)cc2)n1)C1CC1. The molecule has 4 rings (SSSR count). The number of carbonyl (C=O) groups is 1. The number of benzene rings is 1. The molecule has 0 unspecified atom stereocenters. The molecule has 1 saturated carbocycles. The molecule has 1 atom stereocenters. The second-order valence-corrected chi connectivity index (χ2v) is 7.68. The zero-order chi connectivity index (χ0) is 21.8. The number of ether oxygens (including phenoxy) is 1. The van der Waals surface area contributed by atoms with Gasteiger partial charge in [-0.05, 0) is 56.0 Å². The van der Waals surface area contributed by atoms with Crippen LogP contribution in [0.4, 0.5) is 4.39 Å². The molecule has 1 aromatic carbocycles. The molecule has 1 fully saturated rings. The molecule has 3 aromatic rings. The Labute approximate surface area is 178 Å². The third kappa shape index (κ3) is 5.18. The molecule has 0 bridgehead atoms. The zero-order valence-corrected chi connectivity index (χ0v) is 17.0. The fraction of sp³-hybridized carbons (Fsp3) is 0.318. The van der Waals surface area contributed by atoms with Gasteiger partial charge in [0.05, 0.1) is 11.8 Å². The molecule has 2 aromatic heterocycles. The Kier molecular flexibility index (Phi) is 5.85. The molecule has 0 radical (unpaired) electrons. The summed E-state index contributed by atoms with van der Waals surface area (Å²) in [7, 11) is 0. The van der Waals surface area contributed by atoms with Gasteiger partial charge in [-0.1, -0.05) is 0 Å². The molecule has 1 aliphatic carbocycles. The van der Waals surface area contributed by atoms with Gasteiger partial charge in [0.25, 0.3) is 5.91 Å². The van der Waals surface area contributed by atoms with Crippen LogP contribution in [0.25, 0.3) is 11.3 Å². The van der Waals surface area contributed by atoms with Gasteiger partial charge in [-0.25, -0.2) is 24.3 Å². The fourth-order valence-electron chi connectivity index (χ4n) is 3.13. The van der Waals surface area contributed by atoms with Gasteiger partial charge in [-0.3, -0.25) is 4.79 Å². The summed E-state index contributed by atoms with van der Waals surface area (Å²) in [5.41, 5.74) is -0.0639. The largest absolute Gasteiger partial charge is 0.468 e. The Balaban J connectivity index is 1.56. The van der Waals surface area contributed by atoms with E-state index in [4.69, 9.17) is 4.74 Å². The molecule has 2 N–H and O–H groups in total. The Bertz CT molecular complexity index is 1060. The third-order valence-corrected chi connectivity index (χ3v) is 5.11. The quantitative estimate of drug-likeness (QED) is 0.573. The topological polar surface area (TPSA) is 110 Å². The summed E-state index contributed by atoms with van der Waals surface area (Å²) in [5, 5.41) is 13.1. The normalized spacial score (nSPS) is 15.2. The molecule has 160 valence electrons. The summed E-state index contributed by atoms with van der Waals surface area (Å²) in [6, 6.07) is 7.35. The van der Waals surface area contributed by atoms with Crippen molar-refractivity contribution in [3.8, 4) is 17.1 Å². The van der Waals surface area contributed by atoms with Crippen molar-refractivity contribution < 1.29 is 19.0 Å². The molecule has 0 spiro atoms. The number of nitrogens with one attached hydrogen (secondary N) is 1. The lowest BCUT2D eigenvalue weighted by Gasteiger charge is -2.23. The minimum atomic E-state index is -0.957. The number of amides is 1. The van der Waals surface area contributed by atoms with Crippen molar-refractivity contribution in [1.29, 1.82) is 0 Å².